The first-order valence-corrected chi connectivity index (χ1v) is 8.40. The Morgan fingerprint density at radius 2 is 2.38 bits per heavy atom. The topological polar surface area (TPSA) is 37.4 Å². The molecule has 1 fully saturated rings. The van der Waals surface area contributed by atoms with Crippen molar-refractivity contribution in [2.45, 2.75) is 25.5 Å². The third kappa shape index (κ3) is 3.70. The summed E-state index contributed by atoms with van der Waals surface area (Å²) in [5.74, 6) is 0. The van der Waals surface area contributed by atoms with Crippen LogP contribution in [0.1, 0.15) is 17.8 Å². The summed E-state index contributed by atoms with van der Waals surface area (Å²) in [5, 5.41) is 5.13. The van der Waals surface area contributed by atoms with E-state index in [1.807, 2.05) is 30.1 Å². The quantitative estimate of drug-likeness (QED) is 0.877. The Balaban J connectivity index is 1.54. The zero-order valence-electron chi connectivity index (χ0n) is 12.0. The second-order valence-corrected chi connectivity index (χ2v) is 6.75. The maximum atomic E-state index is 5.59. The van der Waals surface area contributed by atoms with E-state index >= 15 is 0 Å². The summed E-state index contributed by atoms with van der Waals surface area (Å²) in [7, 11) is 2.00. The standard InChI is InChI=1S/C15H19N3OS2/c1-18(15(20)16-9-11-5-4-8-19-11)10-14-17-12-6-2-3-7-13(12)21-14/h2-3,6-7,11H,4-5,8-10H2,1H3,(H,16,20)/t11-/m1/s1. The highest BCUT2D eigenvalue weighted by Gasteiger charge is 2.16. The van der Waals surface area contributed by atoms with Gasteiger partial charge in [0, 0.05) is 20.2 Å². The second kappa shape index (κ2) is 6.68. The van der Waals surface area contributed by atoms with Crippen molar-refractivity contribution in [3.8, 4) is 0 Å². The minimum atomic E-state index is 0.304. The van der Waals surface area contributed by atoms with Gasteiger partial charge in [-0.1, -0.05) is 12.1 Å². The van der Waals surface area contributed by atoms with Gasteiger partial charge < -0.3 is 15.0 Å². The van der Waals surface area contributed by atoms with Crippen LogP contribution in [0.4, 0.5) is 0 Å². The predicted octanol–water partition coefficient (Wildman–Crippen LogP) is 2.78. The number of rotatable bonds is 4. The third-order valence-corrected chi connectivity index (χ3v) is 5.04. The van der Waals surface area contributed by atoms with Crippen molar-refractivity contribution in [3.63, 3.8) is 0 Å². The number of nitrogens with one attached hydrogen (secondary N) is 1. The van der Waals surface area contributed by atoms with E-state index < -0.39 is 0 Å². The van der Waals surface area contributed by atoms with Crippen molar-refractivity contribution in [1.29, 1.82) is 0 Å². The highest BCUT2D eigenvalue weighted by atomic mass is 32.1. The molecule has 21 heavy (non-hydrogen) atoms. The average molecular weight is 321 g/mol. The first kappa shape index (κ1) is 14.7. The summed E-state index contributed by atoms with van der Waals surface area (Å²) in [6.07, 6.45) is 2.58. The van der Waals surface area contributed by atoms with E-state index in [2.05, 4.69) is 16.4 Å². The van der Waals surface area contributed by atoms with Gasteiger partial charge in [0.15, 0.2) is 5.11 Å². The number of aromatic nitrogens is 1. The van der Waals surface area contributed by atoms with Crippen molar-refractivity contribution < 1.29 is 4.74 Å². The normalized spacial score (nSPS) is 18.0. The molecule has 3 rings (SSSR count). The molecule has 1 saturated heterocycles. The number of hydrogen-bond donors (Lipinski definition) is 1. The van der Waals surface area contributed by atoms with E-state index in [1.54, 1.807) is 11.3 Å². The van der Waals surface area contributed by atoms with Gasteiger partial charge in [0.2, 0.25) is 0 Å². The lowest BCUT2D eigenvalue weighted by atomic mass is 10.2. The molecule has 0 unspecified atom stereocenters. The van der Waals surface area contributed by atoms with Crippen LogP contribution in [-0.2, 0) is 11.3 Å². The zero-order valence-corrected chi connectivity index (χ0v) is 13.7. The molecule has 112 valence electrons. The number of hydrogen-bond acceptors (Lipinski definition) is 4. The lowest BCUT2D eigenvalue weighted by Crippen LogP contribution is -2.40. The van der Waals surface area contributed by atoms with Crippen molar-refractivity contribution in [2.75, 3.05) is 20.2 Å². The Bertz CT molecular complexity index is 589. The molecule has 1 atom stereocenters. The smallest absolute Gasteiger partial charge is 0.169 e. The average Bonchev–Trinajstić information content (AvgIpc) is 3.13. The highest BCUT2D eigenvalue weighted by molar-refractivity contribution is 7.80. The third-order valence-electron chi connectivity index (χ3n) is 3.56. The molecule has 1 aliphatic heterocycles. The molecule has 0 amide bonds. The monoisotopic (exact) mass is 321 g/mol. The predicted molar refractivity (Wildman–Crippen MR) is 90.7 cm³/mol. The van der Waals surface area contributed by atoms with Gasteiger partial charge in [-0.15, -0.1) is 11.3 Å². The summed E-state index contributed by atoms with van der Waals surface area (Å²) in [6.45, 7) is 2.40. The van der Waals surface area contributed by atoms with E-state index in [4.69, 9.17) is 17.0 Å². The van der Waals surface area contributed by atoms with Crippen LogP contribution in [0, 0.1) is 0 Å². The summed E-state index contributed by atoms with van der Waals surface area (Å²) in [4.78, 5) is 6.67. The van der Waals surface area contributed by atoms with Crippen molar-refractivity contribution in [3.05, 3.63) is 29.3 Å². The Hall–Kier alpha value is -1.24. The van der Waals surface area contributed by atoms with Crippen LogP contribution in [0.25, 0.3) is 10.2 Å². The molecule has 0 spiro atoms. The van der Waals surface area contributed by atoms with Crippen molar-refractivity contribution in [1.82, 2.24) is 15.2 Å². The van der Waals surface area contributed by atoms with Gasteiger partial charge in [0.05, 0.1) is 22.9 Å². The molecule has 0 saturated carbocycles. The number of benzene rings is 1. The van der Waals surface area contributed by atoms with Crippen molar-refractivity contribution >= 4 is 38.9 Å². The van der Waals surface area contributed by atoms with Gasteiger partial charge in [-0.3, -0.25) is 0 Å². The summed E-state index contributed by atoms with van der Waals surface area (Å²) < 4.78 is 6.81. The zero-order chi connectivity index (χ0) is 14.7. The summed E-state index contributed by atoms with van der Waals surface area (Å²) >= 11 is 7.15. The number of thiazole rings is 1. The number of ether oxygens (including phenoxy) is 1. The van der Waals surface area contributed by atoms with Crippen molar-refractivity contribution in [2.24, 2.45) is 0 Å². The van der Waals surface area contributed by atoms with Gasteiger partial charge >= 0.3 is 0 Å². The molecule has 4 nitrogen and oxygen atoms in total. The van der Waals surface area contributed by atoms with Crippen LogP contribution in [0.2, 0.25) is 0 Å². The lowest BCUT2D eigenvalue weighted by molar-refractivity contribution is 0.113. The van der Waals surface area contributed by atoms with Gasteiger partial charge in [0.1, 0.15) is 5.01 Å². The maximum Gasteiger partial charge on any atom is 0.169 e. The van der Waals surface area contributed by atoms with Gasteiger partial charge in [-0.2, -0.15) is 0 Å². The summed E-state index contributed by atoms with van der Waals surface area (Å²) in [5.41, 5.74) is 1.06. The second-order valence-electron chi connectivity index (χ2n) is 5.25. The molecule has 0 aliphatic carbocycles. The molecule has 1 aromatic carbocycles. The molecule has 1 N–H and O–H groups in total. The molecular weight excluding hydrogens is 302 g/mol. The van der Waals surface area contributed by atoms with Crippen LogP contribution in [0.3, 0.4) is 0 Å². The number of para-hydroxylation sites is 1. The fourth-order valence-electron chi connectivity index (χ4n) is 2.40. The Kier molecular flexibility index (Phi) is 4.67. The van der Waals surface area contributed by atoms with Gasteiger partial charge in [-0.05, 0) is 37.2 Å². The SMILES string of the molecule is CN(Cc1nc2ccccc2s1)C(=S)NC[C@H]1CCCO1. The van der Waals surface area contributed by atoms with Crippen LogP contribution in [0.15, 0.2) is 24.3 Å². The largest absolute Gasteiger partial charge is 0.376 e. The minimum absolute atomic E-state index is 0.304. The maximum absolute atomic E-state index is 5.59. The number of fused-ring (bicyclic) bond motifs is 1. The molecule has 1 aromatic heterocycles. The van der Waals surface area contributed by atoms with E-state index in [9.17, 15) is 0 Å². The van der Waals surface area contributed by atoms with Crippen LogP contribution in [-0.4, -0.2) is 41.3 Å². The van der Waals surface area contributed by atoms with E-state index in [-0.39, 0.29) is 0 Å². The Labute approximate surface area is 134 Å². The Morgan fingerprint density at radius 1 is 1.52 bits per heavy atom. The van der Waals surface area contributed by atoms with Crippen LogP contribution in [0.5, 0.6) is 0 Å². The molecular formula is C15H19N3OS2. The molecule has 1 aliphatic rings. The minimum Gasteiger partial charge on any atom is -0.376 e. The van der Waals surface area contributed by atoms with Crippen LogP contribution >= 0.6 is 23.6 Å². The molecule has 6 heteroatoms. The molecule has 2 aromatic rings. The fraction of sp³-hybridized carbons (Fsp3) is 0.467. The number of thiocarbonyl (C=S) groups is 1. The van der Waals surface area contributed by atoms with E-state index in [0.717, 1.165) is 48.2 Å². The molecule has 0 radical (unpaired) electrons. The highest BCUT2D eigenvalue weighted by Crippen LogP contribution is 2.22. The van der Waals surface area contributed by atoms with E-state index in [0.29, 0.717) is 6.10 Å². The fourth-order valence-corrected chi connectivity index (χ4v) is 3.57. The first-order valence-electron chi connectivity index (χ1n) is 7.17. The molecule has 0 bridgehead atoms. The molecule has 2 heterocycles. The Morgan fingerprint density at radius 3 is 3.14 bits per heavy atom. The first-order chi connectivity index (χ1) is 10.2. The van der Waals surface area contributed by atoms with Gasteiger partial charge in [0.25, 0.3) is 0 Å². The van der Waals surface area contributed by atoms with Crippen LogP contribution < -0.4 is 5.32 Å². The lowest BCUT2D eigenvalue weighted by Gasteiger charge is -2.21. The summed E-state index contributed by atoms with van der Waals surface area (Å²) in [6, 6.07) is 8.21. The van der Waals surface area contributed by atoms with E-state index in [1.165, 1.54) is 4.70 Å². The van der Waals surface area contributed by atoms with Gasteiger partial charge in [-0.25, -0.2) is 4.98 Å². The number of nitrogens with zero attached hydrogens (tertiary/aromatic N) is 2.